The molecule has 5 heteroatoms. The molecule has 0 aliphatic carbocycles. The van der Waals surface area contributed by atoms with E-state index in [0.29, 0.717) is 25.1 Å². The lowest BCUT2D eigenvalue weighted by Crippen LogP contribution is -2.46. The standard InChI is InChI=1S/C10H17NO3S/c1-7-5-8(10(13)14)3-4-11(7)9(12)6-15-2/h7-8H,3-6H2,1-2H3,(H,13,14). The largest absolute Gasteiger partial charge is 0.481 e. The van der Waals surface area contributed by atoms with E-state index < -0.39 is 5.97 Å². The van der Waals surface area contributed by atoms with Crippen LogP contribution in [-0.2, 0) is 9.59 Å². The first kappa shape index (κ1) is 12.4. The molecule has 0 spiro atoms. The van der Waals surface area contributed by atoms with Gasteiger partial charge in [0.25, 0.3) is 0 Å². The number of rotatable bonds is 3. The maximum absolute atomic E-state index is 11.6. The van der Waals surface area contributed by atoms with Crippen LogP contribution in [0.5, 0.6) is 0 Å². The average molecular weight is 231 g/mol. The first-order valence-corrected chi connectivity index (χ1v) is 6.46. The number of likely N-dealkylation sites (tertiary alicyclic amines) is 1. The molecule has 1 saturated heterocycles. The zero-order valence-corrected chi connectivity index (χ0v) is 9.92. The quantitative estimate of drug-likeness (QED) is 0.789. The summed E-state index contributed by atoms with van der Waals surface area (Å²) < 4.78 is 0. The molecule has 15 heavy (non-hydrogen) atoms. The summed E-state index contributed by atoms with van der Waals surface area (Å²) in [6, 6.07) is 0.0551. The molecule has 1 fully saturated rings. The van der Waals surface area contributed by atoms with Crippen molar-refractivity contribution < 1.29 is 14.7 Å². The summed E-state index contributed by atoms with van der Waals surface area (Å²) in [6.07, 6.45) is 3.06. The average Bonchev–Trinajstić information content (AvgIpc) is 2.17. The number of nitrogens with zero attached hydrogens (tertiary/aromatic N) is 1. The highest BCUT2D eigenvalue weighted by atomic mass is 32.2. The third kappa shape index (κ3) is 3.12. The van der Waals surface area contributed by atoms with Crippen LogP contribution in [0, 0.1) is 5.92 Å². The topological polar surface area (TPSA) is 57.6 Å². The van der Waals surface area contributed by atoms with E-state index in [1.165, 1.54) is 11.8 Å². The van der Waals surface area contributed by atoms with Crippen molar-refractivity contribution in [3.63, 3.8) is 0 Å². The first-order chi connectivity index (χ1) is 7.06. The highest BCUT2D eigenvalue weighted by molar-refractivity contribution is 7.99. The third-order valence-electron chi connectivity index (χ3n) is 2.81. The highest BCUT2D eigenvalue weighted by Gasteiger charge is 2.31. The van der Waals surface area contributed by atoms with Crippen molar-refractivity contribution in [2.24, 2.45) is 5.92 Å². The molecular weight excluding hydrogens is 214 g/mol. The van der Waals surface area contributed by atoms with Crippen LogP contribution >= 0.6 is 11.8 Å². The van der Waals surface area contributed by atoms with Crippen molar-refractivity contribution >= 4 is 23.6 Å². The number of hydrogen-bond acceptors (Lipinski definition) is 3. The van der Waals surface area contributed by atoms with Crippen LogP contribution in [0.3, 0.4) is 0 Å². The number of thioether (sulfide) groups is 1. The van der Waals surface area contributed by atoms with Gasteiger partial charge in [0.2, 0.25) is 5.91 Å². The number of aliphatic carboxylic acids is 1. The molecule has 4 nitrogen and oxygen atoms in total. The minimum absolute atomic E-state index is 0.0551. The van der Waals surface area contributed by atoms with Gasteiger partial charge < -0.3 is 10.0 Å². The van der Waals surface area contributed by atoms with Crippen LogP contribution in [0.15, 0.2) is 0 Å². The van der Waals surface area contributed by atoms with E-state index in [-0.39, 0.29) is 17.9 Å². The van der Waals surface area contributed by atoms with Crippen molar-refractivity contribution in [2.75, 3.05) is 18.6 Å². The van der Waals surface area contributed by atoms with Crippen molar-refractivity contribution in [3.05, 3.63) is 0 Å². The minimum Gasteiger partial charge on any atom is -0.481 e. The maximum atomic E-state index is 11.6. The van der Waals surface area contributed by atoms with Crippen LogP contribution in [0.25, 0.3) is 0 Å². The Morgan fingerprint density at radius 2 is 2.20 bits per heavy atom. The molecule has 0 radical (unpaired) electrons. The van der Waals surface area contributed by atoms with Gasteiger partial charge in [-0.3, -0.25) is 9.59 Å². The Kier molecular flexibility index (Phi) is 4.45. The van der Waals surface area contributed by atoms with Crippen molar-refractivity contribution in [1.29, 1.82) is 0 Å². The second-order valence-corrected chi connectivity index (χ2v) is 4.79. The minimum atomic E-state index is -0.737. The number of carbonyl (C=O) groups is 2. The van der Waals surface area contributed by atoms with Crippen molar-refractivity contribution in [2.45, 2.75) is 25.8 Å². The Hall–Kier alpha value is -0.710. The molecule has 1 aliphatic rings. The normalized spacial score (nSPS) is 26.4. The molecule has 0 aromatic carbocycles. The second kappa shape index (κ2) is 5.39. The summed E-state index contributed by atoms with van der Waals surface area (Å²) in [6.45, 7) is 2.50. The van der Waals surface area contributed by atoms with E-state index in [1.807, 2.05) is 13.2 Å². The number of carbonyl (C=O) groups excluding carboxylic acids is 1. The van der Waals surface area contributed by atoms with Crippen LogP contribution in [0.1, 0.15) is 19.8 Å². The Bertz CT molecular complexity index is 257. The van der Waals surface area contributed by atoms with Crippen LogP contribution in [-0.4, -0.2) is 46.5 Å². The molecule has 1 amide bonds. The molecule has 0 aromatic heterocycles. The van der Waals surface area contributed by atoms with Gasteiger partial charge in [0, 0.05) is 12.6 Å². The number of amides is 1. The highest BCUT2D eigenvalue weighted by Crippen LogP contribution is 2.23. The molecular formula is C10H17NO3S. The smallest absolute Gasteiger partial charge is 0.306 e. The summed E-state index contributed by atoms with van der Waals surface area (Å²) in [5.74, 6) is -0.404. The van der Waals surface area contributed by atoms with Crippen LogP contribution in [0.2, 0.25) is 0 Å². The Labute approximate surface area is 94.0 Å². The summed E-state index contributed by atoms with van der Waals surface area (Å²) in [5.41, 5.74) is 0. The van der Waals surface area contributed by atoms with Gasteiger partial charge in [0.1, 0.15) is 0 Å². The molecule has 0 bridgehead atoms. The Morgan fingerprint density at radius 1 is 1.53 bits per heavy atom. The first-order valence-electron chi connectivity index (χ1n) is 5.07. The number of hydrogen-bond donors (Lipinski definition) is 1. The maximum Gasteiger partial charge on any atom is 0.306 e. The van der Waals surface area contributed by atoms with Gasteiger partial charge in [-0.05, 0) is 26.0 Å². The number of carboxylic acids is 1. The Balaban J connectivity index is 2.52. The summed E-state index contributed by atoms with van der Waals surface area (Å²) in [4.78, 5) is 24.2. The zero-order chi connectivity index (χ0) is 11.4. The lowest BCUT2D eigenvalue weighted by molar-refractivity contribution is -0.146. The zero-order valence-electron chi connectivity index (χ0n) is 9.10. The van der Waals surface area contributed by atoms with Gasteiger partial charge in [0.15, 0.2) is 0 Å². The Morgan fingerprint density at radius 3 is 2.67 bits per heavy atom. The predicted octanol–water partition coefficient (Wildman–Crippen LogP) is 1.06. The van der Waals surface area contributed by atoms with Crippen molar-refractivity contribution in [1.82, 2.24) is 4.90 Å². The van der Waals surface area contributed by atoms with E-state index in [9.17, 15) is 9.59 Å². The molecule has 0 saturated carbocycles. The fourth-order valence-electron chi connectivity index (χ4n) is 1.97. The molecule has 1 N–H and O–H groups in total. The fourth-order valence-corrected chi connectivity index (χ4v) is 2.39. The number of carboxylic acid groups (broad SMARTS) is 1. The third-order valence-corrected chi connectivity index (χ3v) is 3.35. The molecule has 1 aliphatic heterocycles. The fraction of sp³-hybridized carbons (Fsp3) is 0.800. The van der Waals surface area contributed by atoms with Crippen LogP contribution in [0.4, 0.5) is 0 Å². The molecule has 86 valence electrons. The van der Waals surface area contributed by atoms with E-state index >= 15 is 0 Å². The van der Waals surface area contributed by atoms with Gasteiger partial charge >= 0.3 is 5.97 Å². The van der Waals surface area contributed by atoms with Crippen LogP contribution < -0.4 is 0 Å². The van der Waals surface area contributed by atoms with E-state index in [4.69, 9.17) is 5.11 Å². The van der Waals surface area contributed by atoms with Gasteiger partial charge in [-0.25, -0.2) is 0 Å². The monoisotopic (exact) mass is 231 g/mol. The predicted molar refractivity (Wildman–Crippen MR) is 59.9 cm³/mol. The number of piperidine rings is 1. The van der Waals surface area contributed by atoms with Gasteiger partial charge in [-0.2, -0.15) is 11.8 Å². The summed E-state index contributed by atoms with van der Waals surface area (Å²) in [7, 11) is 0. The van der Waals surface area contributed by atoms with E-state index in [0.717, 1.165) is 0 Å². The molecule has 1 rings (SSSR count). The van der Waals surface area contributed by atoms with E-state index in [1.54, 1.807) is 4.90 Å². The lowest BCUT2D eigenvalue weighted by atomic mass is 9.92. The van der Waals surface area contributed by atoms with Gasteiger partial charge in [-0.15, -0.1) is 0 Å². The lowest BCUT2D eigenvalue weighted by Gasteiger charge is -2.36. The van der Waals surface area contributed by atoms with E-state index in [2.05, 4.69) is 0 Å². The summed E-state index contributed by atoms with van der Waals surface area (Å²) in [5, 5.41) is 8.88. The second-order valence-electron chi connectivity index (χ2n) is 3.93. The molecule has 0 aromatic rings. The SMILES string of the molecule is CSCC(=O)N1CCC(C(=O)O)CC1C. The molecule has 2 unspecified atom stereocenters. The van der Waals surface area contributed by atoms with Gasteiger partial charge in [0.05, 0.1) is 11.7 Å². The molecule has 1 heterocycles. The summed E-state index contributed by atoms with van der Waals surface area (Å²) >= 11 is 1.50. The van der Waals surface area contributed by atoms with Crippen molar-refractivity contribution in [3.8, 4) is 0 Å². The van der Waals surface area contributed by atoms with Gasteiger partial charge in [-0.1, -0.05) is 0 Å². The molecule has 2 atom stereocenters.